The number of anilines is 2. The van der Waals surface area contributed by atoms with Crippen LogP contribution in [0.1, 0.15) is 23.7 Å². The summed E-state index contributed by atoms with van der Waals surface area (Å²) in [6.07, 6.45) is 3.15. The lowest BCUT2D eigenvalue weighted by atomic mass is 10.2. The Morgan fingerprint density at radius 3 is 3.03 bits per heavy atom. The maximum atomic E-state index is 12.3. The molecule has 3 aromatic rings. The Hall–Kier alpha value is -3.40. The minimum Gasteiger partial charge on any atom is -0.488 e. The largest absolute Gasteiger partial charge is 0.488 e. The minimum absolute atomic E-state index is 0.183. The molecule has 1 unspecified atom stereocenters. The van der Waals surface area contributed by atoms with Gasteiger partial charge in [-0.1, -0.05) is 6.92 Å². The van der Waals surface area contributed by atoms with Gasteiger partial charge in [0.05, 0.1) is 18.2 Å². The number of hydrogen-bond acceptors (Lipinski definition) is 7. The van der Waals surface area contributed by atoms with E-state index in [9.17, 15) is 14.7 Å². The Bertz CT molecular complexity index is 1120. The second-order valence-electron chi connectivity index (χ2n) is 6.84. The fourth-order valence-electron chi connectivity index (χ4n) is 3.17. The summed E-state index contributed by atoms with van der Waals surface area (Å²) in [6, 6.07) is 5.27. The maximum Gasteiger partial charge on any atom is 0.350 e. The average Bonchev–Trinajstić information content (AvgIpc) is 3.03. The highest BCUT2D eigenvalue weighted by molar-refractivity contribution is 5.95. The van der Waals surface area contributed by atoms with Gasteiger partial charge in [-0.3, -0.25) is 9.20 Å². The number of aliphatic hydroxyl groups is 1. The first-order valence-corrected chi connectivity index (χ1v) is 9.40. The molecule has 0 radical (unpaired) electrons. The van der Waals surface area contributed by atoms with Crippen molar-refractivity contribution in [1.82, 2.24) is 24.5 Å². The third kappa shape index (κ3) is 3.54. The van der Waals surface area contributed by atoms with Crippen molar-refractivity contribution in [3.8, 4) is 5.75 Å². The summed E-state index contributed by atoms with van der Waals surface area (Å²) in [5.74, 6) is 0.769. The van der Waals surface area contributed by atoms with E-state index in [0.717, 1.165) is 5.69 Å². The molecule has 0 aliphatic carbocycles. The van der Waals surface area contributed by atoms with Gasteiger partial charge in [-0.05, 0) is 18.6 Å². The number of nitrogens with zero attached hydrogens (tertiary/aromatic N) is 5. The van der Waals surface area contributed by atoms with E-state index in [1.807, 2.05) is 24.0 Å². The summed E-state index contributed by atoms with van der Waals surface area (Å²) in [5.41, 5.74) is 1.51. The molecular formula is C19H22N6O4. The predicted octanol–water partition coefficient (Wildman–Crippen LogP) is 0.459. The van der Waals surface area contributed by atoms with Crippen molar-refractivity contribution in [2.24, 2.45) is 7.05 Å². The zero-order valence-electron chi connectivity index (χ0n) is 16.2. The van der Waals surface area contributed by atoms with E-state index in [1.165, 1.54) is 15.3 Å². The van der Waals surface area contributed by atoms with E-state index < -0.39 is 6.10 Å². The number of aryl methyl sites for hydroxylation is 1. The molecule has 10 nitrogen and oxygen atoms in total. The lowest BCUT2D eigenvalue weighted by molar-refractivity contribution is 0.0913. The number of nitrogens with one attached hydrogen (secondary N) is 1. The molecule has 3 aromatic heterocycles. The number of ether oxygens (including phenoxy) is 1. The van der Waals surface area contributed by atoms with Crippen LogP contribution in [-0.2, 0) is 7.05 Å². The zero-order chi connectivity index (χ0) is 20.5. The summed E-state index contributed by atoms with van der Waals surface area (Å²) in [6.45, 7) is 3.03. The highest BCUT2D eigenvalue weighted by atomic mass is 16.5. The van der Waals surface area contributed by atoms with Gasteiger partial charge < -0.3 is 20.1 Å². The molecule has 4 heterocycles. The molecular weight excluding hydrogens is 376 g/mol. The number of carbonyl (C=O) groups is 1. The summed E-state index contributed by atoms with van der Waals surface area (Å²) >= 11 is 0. The summed E-state index contributed by atoms with van der Waals surface area (Å²) in [4.78, 5) is 30.7. The Morgan fingerprint density at radius 1 is 1.41 bits per heavy atom. The second-order valence-corrected chi connectivity index (χ2v) is 6.84. The number of aliphatic hydroxyl groups excluding tert-OH is 1. The van der Waals surface area contributed by atoms with Crippen molar-refractivity contribution >= 4 is 23.1 Å². The molecule has 0 bridgehead atoms. The number of aromatic nitrogens is 4. The van der Waals surface area contributed by atoms with Gasteiger partial charge in [-0.15, -0.1) is 0 Å². The van der Waals surface area contributed by atoms with Crippen molar-refractivity contribution in [3.05, 3.63) is 46.6 Å². The first kappa shape index (κ1) is 18.9. The van der Waals surface area contributed by atoms with Crippen molar-refractivity contribution in [2.75, 3.05) is 24.6 Å². The van der Waals surface area contributed by atoms with Crippen LogP contribution in [0.4, 0.5) is 11.5 Å². The molecule has 1 amide bonds. The average molecular weight is 398 g/mol. The quantitative estimate of drug-likeness (QED) is 0.642. The standard InChI is InChI=1S/C19H22N6O4/c1-3-14(26)11-21-18(27)12-8-15-17(20-10-12)24(6-7-29-15)13-4-5-25-16(9-13)22-23(2)19(25)28/h4-5,8-10,14,26H,3,6-7,11H2,1-2H3,(H,21,27). The minimum atomic E-state index is -0.578. The van der Waals surface area contributed by atoms with Crippen LogP contribution in [0.3, 0.4) is 0 Å². The molecule has 29 heavy (non-hydrogen) atoms. The van der Waals surface area contributed by atoms with Gasteiger partial charge in [0, 0.05) is 37.7 Å². The zero-order valence-corrected chi connectivity index (χ0v) is 16.2. The predicted molar refractivity (Wildman–Crippen MR) is 106 cm³/mol. The first-order chi connectivity index (χ1) is 14.0. The summed E-state index contributed by atoms with van der Waals surface area (Å²) in [7, 11) is 1.60. The number of fused-ring (bicyclic) bond motifs is 2. The normalized spacial score (nSPS) is 14.4. The molecule has 152 valence electrons. The Morgan fingerprint density at radius 2 is 2.24 bits per heavy atom. The molecule has 0 fully saturated rings. The van der Waals surface area contributed by atoms with E-state index in [2.05, 4.69) is 15.4 Å². The number of carbonyl (C=O) groups excluding carboxylic acids is 1. The fraction of sp³-hybridized carbons (Fsp3) is 0.368. The van der Waals surface area contributed by atoms with Gasteiger partial charge in [0.25, 0.3) is 5.91 Å². The van der Waals surface area contributed by atoms with E-state index in [4.69, 9.17) is 4.74 Å². The number of pyridine rings is 2. The molecule has 2 N–H and O–H groups in total. The maximum absolute atomic E-state index is 12.3. The van der Waals surface area contributed by atoms with E-state index >= 15 is 0 Å². The number of amides is 1. The highest BCUT2D eigenvalue weighted by Crippen LogP contribution is 2.35. The molecule has 10 heteroatoms. The van der Waals surface area contributed by atoms with Crippen LogP contribution in [0.2, 0.25) is 0 Å². The molecule has 0 spiro atoms. The Labute approximate surface area is 166 Å². The van der Waals surface area contributed by atoms with Crippen molar-refractivity contribution < 1.29 is 14.6 Å². The fourth-order valence-corrected chi connectivity index (χ4v) is 3.17. The van der Waals surface area contributed by atoms with E-state index in [-0.39, 0.29) is 18.1 Å². The van der Waals surface area contributed by atoms with Gasteiger partial charge in [-0.25, -0.2) is 14.5 Å². The Balaban J connectivity index is 1.62. The molecule has 4 rings (SSSR count). The molecule has 1 atom stereocenters. The van der Waals surface area contributed by atoms with Gasteiger partial charge in [0.1, 0.15) is 6.61 Å². The van der Waals surface area contributed by atoms with Gasteiger partial charge >= 0.3 is 5.69 Å². The van der Waals surface area contributed by atoms with Crippen LogP contribution >= 0.6 is 0 Å². The van der Waals surface area contributed by atoms with Crippen molar-refractivity contribution in [2.45, 2.75) is 19.4 Å². The van der Waals surface area contributed by atoms with Crippen LogP contribution in [0.25, 0.3) is 5.65 Å². The van der Waals surface area contributed by atoms with E-state index in [0.29, 0.717) is 42.4 Å². The van der Waals surface area contributed by atoms with Crippen LogP contribution in [0.5, 0.6) is 5.75 Å². The third-order valence-corrected chi connectivity index (χ3v) is 4.86. The SMILES string of the molecule is CCC(O)CNC(=O)c1cnc2c(c1)OCCN2c1ccn2c(=O)n(C)nc2c1. The number of rotatable bonds is 5. The van der Waals surface area contributed by atoms with Gasteiger partial charge in [0.15, 0.2) is 17.2 Å². The van der Waals surface area contributed by atoms with Crippen LogP contribution < -0.4 is 20.6 Å². The summed E-state index contributed by atoms with van der Waals surface area (Å²) < 4.78 is 8.47. The second kappa shape index (κ2) is 7.55. The molecule has 1 aliphatic rings. The highest BCUT2D eigenvalue weighted by Gasteiger charge is 2.23. The lowest BCUT2D eigenvalue weighted by Gasteiger charge is -2.30. The van der Waals surface area contributed by atoms with Crippen LogP contribution in [-0.4, -0.2) is 56.0 Å². The molecule has 0 saturated carbocycles. The lowest BCUT2D eigenvalue weighted by Crippen LogP contribution is -2.33. The number of hydrogen-bond donors (Lipinski definition) is 2. The molecule has 0 saturated heterocycles. The topological polar surface area (TPSA) is 114 Å². The van der Waals surface area contributed by atoms with Crippen LogP contribution in [0, 0.1) is 0 Å². The monoisotopic (exact) mass is 398 g/mol. The van der Waals surface area contributed by atoms with Gasteiger partial charge in [-0.2, -0.15) is 5.10 Å². The molecule has 1 aliphatic heterocycles. The van der Waals surface area contributed by atoms with Gasteiger partial charge in [0.2, 0.25) is 0 Å². The summed E-state index contributed by atoms with van der Waals surface area (Å²) in [5, 5.41) is 16.5. The molecule has 0 aromatic carbocycles. The Kier molecular flexibility index (Phi) is 4.93. The third-order valence-electron chi connectivity index (χ3n) is 4.86. The smallest absolute Gasteiger partial charge is 0.350 e. The van der Waals surface area contributed by atoms with Crippen molar-refractivity contribution in [3.63, 3.8) is 0 Å². The first-order valence-electron chi connectivity index (χ1n) is 9.40. The van der Waals surface area contributed by atoms with Crippen LogP contribution in [0.15, 0.2) is 35.4 Å². The van der Waals surface area contributed by atoms with E-state index in [1.54, 1.807) is 19.3 Å². The van der Waals surface area contributed by atoms with Crippen molar-refractivity contribution in [1.29, 1.82) is 0 Å².